The number of carbonyl (C=O) groups excluding carboxylic acids is 1. The number of nitrogens with zero attached hydrogens (tertiary/aromatic N) is 2. The van der Waals surface area contributed by atoms with Crippen LogP contribution in [0, 0.1) is 0 Å². The van der Waals surface area contributed by atoms with Gasteiger partial charge in [0, 0.05) is 6.54 Å². The predicted molar refractivity (Wildman–Crippen MR) is 68.7 cm³/mol. The molecule has 0 atom stereocenters. The quantitative estimate of drug-likeness (QED) is 0.362. The summed E-state index contributed by atoms with van der Waals surface area (Å²) in [6, 6.07) is 1.95. The molecule has 1 aromatic heterocycles. The average molecular weight is 255 g/mol. The third kappa shape index (κ3) is 3.20. The second kappa shape index (κ2) is 6.24. The van der Waals surface area contributed by atoms with Gasteiger partial charge in [0.15, 0.2) is 5.84 Å². The lowest BCUT2D eigenvalue weighted by Gasteiger charge is -2.19. The molecular formula is C11H17N3O2S. The first kappa shape index (κ1) is 13.5. The lowest BCUT2D eigenvalue weighted by molar-refractivity contribution is 0.0790. The van der Waals surface area contributed by atoms with Crippen LogP contribution in [0.4, 0.5) is 0 Å². The predicted octanol–water partition coefficient (Wildman–Crippen LogP) is 1.52. The summed E-state index contributed by atoms with van der Waals surface area (Å²) < 4.78 is 0. The SMILES string of the molecule is CCc1ccsc1C(=O)N(CC)CC(N)=NO. The van der Waals surface area contributed by atoms with Gasteiger partial charge in [-0.2, -0.15) is 0 Å². The van der Waals surface area contributed by atoms with E-state index < -0.39 is 0 Å². The molecule has 0 unspecified atom stereocenters. The maximum absolute atomic E-state index is 12.2. The second-order valence-corrected chi connectivity index (χ2v) is 4.46. The van der Waals surface area contributed by atoms with Crippen LogP contribution in [0.2, 0.25) is 0 Å². The van der Waals surface area contributed by atoms with E-state index in [4.69, 9.17) is 10.9 Å². The van der Waals surface area contributed by atoms with E-state index in [1.807, 2.05) is 25.3 Å². The first-order chi connectivity index (χ1) is 8.13. The number of nitrogens with two attached hydrogens (primary N) is 1. The fourth-order valence-electron chi connectivity index (χ4n) is 1.50. The number of amides is 1. The van der Waals surface area contributed by atoms with Gasteiger partial charge < -0.3 is 15.8 Å². The van der Waals surface area contributed by atoms with Crippen LogP contribution in [0.25, 0.3) is 0 Å². The Hall–Kier alpha value is -1.56. The first-order valence-electron chi connectivity index (χ1n) is 5.46. The van der Waals surface area contributed by atoms with Crippen LogP contribution in [-0.4, -0.2) is 34.9 Å². The Morgan fingerprint density at radius 1 is 1.59 bits per heavy atom. The van der Waals surface area contributed by atoms with Crippen molar-refractivity contribution in [3.8, 4) is 0 Å². The van der Waals surface area contributed by atoms with Crippen molar-refractivity contribution in [1.82, 2.24) is 4.90 Å². The number of hydrogen-bond acceptors (Lipinski definition) is 4. The van der Waals surface area contributed by atoms with Crippen LogP contribution in [0.15, 0.2) is 16.6 Å². The zero-order valence-corrected chi connectivity index (χ0v) is 10.8. The van der Waals surface area contributed by atoms with E-state index in [0.29, 0.717) is 6.54 Å². The number of aryl methyl sites for hydroxylation is 1. The molecule has 0 saturated heterocycles. The molecule has 3 N–H and O–H groups in total. The molecule has 0 aromatic carbocycles. The molecule has 0 bridgehead atoms. The summed E-state index contributed by atoms with van der Waals surface area (Å²) in [5.41, 5.74) is 6.46. The maximum Gasteiger partial charge on any atom is 0.264 e. The van der Waals surface area contributed by atoms with Crippen LogP contribution in [0.1, 0.15) is 29.1 Å². The monoisotopic (exact) mass is 255 g/mol. The lowest BCUT2D eigenvalue weighted by Crippen LogP contribution is -2.38. The summed E-state index contributed by atoms with van der Waals surface area (Å²) in [7, 11) is 0. The summed E-state index contributed by atoms with van der Waals surface area (Å²) in [4.78, 5) is 14.5. The fraction of sp³-hybridized carbons (Fsp3) is 0.455. The van der Waals surface area contributed by atoms with Crippen molar-refractivity contribution in [2.75, 3.05) is 13.1 Å². The van der Waals surface area contributed by atoms with Crippen LogP contribution < -0.4 is 5.73 Å². The van der Waals surface area contributed by atoms with Gasteiger partial charge in [-0.3, -0.25) is 4.79 Å². The van der Waals surface area contributed by atoms with Crippen molar-refractivity contribution < 1.29 is 10.0 Å². The van der Waals surface area contributed by atoms with E-state index in [2.05, 4.69) is 5.16 Å². The molecule has 0 aliphatic heterocycles. The molecule has 5 nitrogen and oxygen atoms in total. The highest BCUT2D eigenvalue weighted by atomic mass is 32.1. The van der Waals surface area contributed by atoms with Gasteiger partial charge in [0.1, 0.15) is 0 Å². The minimum absolute atomic E-state index is 0.0369. The minimum atomic E-state index is -0.0639. The molecule has 1 amide bonds. The van der Waals surface area contributed by atoms with Gasteiger partial charge in [0.05, 0.1) is 11.4 Å². The number of rotatable bonds is 5. The van der Waals surface area contributed by atoms with Gasteiger partial charge >= 0.3 is 0 Å². The molecule has 17 heavy (non-hydrogen) atoms. The smallest absolute Gasteiger partial charge is 0.264 e. The van der Waals surface area contributed by atoms with Gasteiger partial charge in [-0.15, -0.1) is 11.3 Å². The van der Waals surface area contributed by atoms with Crippen LogP contribution in [0.5, 0.6) is 0 Å². The third-order valence-electron chi connectivity index (χ3n) is 2.47. The molecule has 0 fully saturated rings. The maximum atomic E-state index is 12.2. The number of likely N-dealkylation sites (N-methyl/N-ethyl adjacent to an activating group) is 1. The van der Waals surface area contributed by atoms with Crippen molar-refractivity contribution in [3.05, 3.63) is 21.9 Å². The number of amidine groups is 1. The normalized spacial score (nSPS) is 11.5. The highest BCUT2D eigenvalue weighted by Crippen LogP contribution is 2.19. The molecule has 94 valence electrons. The van der Waals surface area contributed by atoms with Crippen LogP contribution in [0.3, 0.4) is 0 Å². The molecule has 0 aliphatic carbocycles. The highest BCUT2D eigenvalue weighted by molar-refractivity contribution is 7.12. The molecule has 1 heterocycles. The Morgan fingerprint density at radius 3 is 2.82 bits per heavy atom. The minimum Gasteiger partial charge on any atom is -0.409 e. The van der Waals surface area contributed by atoms with E-state index in [1.54, 1.807) is 4.90 Å². The topological polar surface area (TPSA) is 78.9 Å². The fourth-order valence-corrected chi connectivity index (χ4v) is 2.46. The summed E-state index contributed by atoms with van der Waals surface area (Å²) >= 11 is 1.43. The highest BCUT2D eigenvalue weighted by Gasteiger charge is 2.19. The molecule has 6 heteroatoms. The van der Waals surface area contributed by atoms with Crippen molar-refractivity contribution in [2.24, 2.45) is 10.9 Å². The average Bonchev–Trinajstić information content (AvgIpc) is 2.82. The molecule has 0 spiro atoms. The summed E-state index contributed by atoms with van der Waals surface area (Å²) in [6.07, 6.45) is 0.825. The number of carbonyl (C=O) groups is 1. The molecular weight excluding hydrogens is 238 g/mol. The summed E-state index contributed by atoms with van der Waals surface area (Å²) in [6.45, 7) is 4.55. The lowest BCUT2D eigenvalue weighted by atomic mass is 10.2. The number of thiophene rings is 1. The van der Waals surface area contributed by atoms with Crippen LogP contribution in [-0.2, 0) is 6.42 Å². The second-order valence-electron chi connectivity index (χ2n) is 3.54. The number of hydrogen-bond donors (Lipinski definition) is 2. The number of oxime groups is 1. The van der Waals surface area contributed by atoms with E-state index in [-0.39, 0.29) is 18.3 Å². The van der Waals surface area contributed by atoms with Gasteiger partial charge in [-0.25, -0.2) is 0 Å². The molecule has 0 radical (unpaired) electrons. The Kier molecular flexibility index (Phi) is 4.96. The van der Waals surface area contributed by atoms with Crippen molar-refractivity contribution in [1.29, 1.82) is 0 Å². The largest absolute Gasteiger partial charge is 0.409 e. The van der Waals surface area contributed by atoms with Gasteiger partial charge in [-0.05, 0) is 30.4 Å². The third-order valence-corrected chi connectivity index (χ3v) is 3.42. The first-order valence-corrected chi connectivity index (χ1v) is 6.34. The molecule has 1 aromatic rings. The standard InChI is InChI=1S/C11H17N3O2S/c1-3-8-5-6-17-10(8)11(15)14(4-2)7-9(12)13-16/h5-6,16H,3-4,7H2,1-2H3,(H2,12,13). The summed E-state index contributed by atoms with van der Waals surface area (Å²) in [5.74, 6) is -0.0271. The van der Waals surface area contributed by atoms with Crippen LogP contribution >= 0.6 is 11.3 Å². The Bertz CT molecular complexity index is 415. The van der Waals surface area contributed by atoms with Gasteiger partial charge in [-0.1, -0.05) is 12.1 Å². The summed E-state index contributed by atoms with van der Waals surface area (Å²) in [5, 5.41) is 13.3. The molecule has 1 rings (SSSR count). The Balaban J connectivity index is 2.86. The van der Waals surface area contributed by atoms with E-state index in [9.17, 15) is 4.79 Å². The Morgan fingerprint density at radius 2 is 2.29 bits per heavy atom. The van der Waals surface area contributed by atoms with E-state index in [1.165, 1.54) is 11.3 Å². The zero-order chi connectivity index (χ0) is 12.8. The van der Waals surface area contributed by atoms with Crippen molar-refractivity contribution in [3.63, 3.8) is 0 Å². The molecule has 0 aliphatic rings. The van der Waals surface area contributed by atoms with E-state index in [0.717, 1.165) is 16.9 Å². The van der Waals surface area contributed by atoms with E-state index >= 15 is 0 Å². The van der Waals surface area contributed by atoms with Crippen molar-refractivity contribution >= 4 is 23.1 Å². The van der Waals surface area contributed by atoms with Gasteiger partial charge in [0.2, 0.25) is 0 Å². The zero-order valence-electron chi connectivity index (χ0n) is 10.0. The molecule has 0 saturated carbocycles. The van der Waals surface area contributed by atoms with Gasteiger partial charge in [0.25, 0.3) is 5.91 Å². The van der Waals surface area contributed by atoms with Crippen molar-refractivity contribution in [2.45, 2.75) is 20.3 Å². The Labute approximate surface area is 105 Å².